The van der Waals surface area contributed by atoms with Gasteiger partial charge in [-0.15, -0.1) is 0 Å². The van der Waals surface area contributed by atoms with Crippen molar-refractivity contribution in [3.05, 3.63) is 35.9 Å². The molecule has 3 atom stereocenters. The van der Waals surface area contributed by atoms with Gasteiger partial charge < -0.3 is 10.4 Å². The van der Waals surface area contributed by atoms with E-state index >= 15 is 0 Å². The number of benzene rings is 1. The lowest BCUT2D eigenvalue weighted by molar-refractivity contribution is -0.140. The zero-order valence-electron chi connectivity index (χ0n) is 11.0. The SMILES string of the molecule is CC(C)[C@H](NC[C@@H]1C[C@H]1c1ccccc1)C(=O)O. The molecule has 0 radical (unpaired) electrons. The Kier molecular flexibility index (Phi) is 4.02. The van der Waals surface area contributed by atoms with Crippen molar-refractivity contribution in [2.75, 3.05) is 6.54 Å². The van der Waals surface area contributed by atoms with Gasteiger partial charge in [-0.05, 0) is 36.3 Å². The summed E-state index contributed by atoms with van der Waals surface area (Å²) in [6.07, 6.45) is 1.17. The van der Waals surface area contributed by atoms with Crippen LogP contribution in [0.1, 0.15) is 31.7 Å². The molecule has 0 saturated heterocycles. The van der Waals surface area contributed by atoms with Gasteiger partial charge in [0.05, 0.1) is 0 Å². The first-order chi connectivity index (χ1) is 8.59. The number of nitrogens with one attached hydrogen (secondary N) is 1. The Morgan fingerprint density at radius 2 is 2.06 bits per heavy atom. The first-order valence-corrected chi connectivity index (χ1v) is 6.60. The maximum Gasteiger partial charge on any atom is 0.320 e. The Morgan fingerprint density at radius 3 is 2.61 bits per heavy atom. The Bertz CT molecular complexity index is 402. The van der Waals surface area contributed by atoms with Crippen LogP contribution in [-0.4, -0.2) is 23.7 Å². The van der Waals surface area contributed by atoms with E-state index in [-0.39, 0.29) is 5.92 Å². The van der Waals surface area contributed by atoms with Gasteiger partial charge in [-0.3, -0.25) is 4.79 Å². The second-order valence-corrected chi connectivity index (χ2v) is 5.48. The van der Waals surface area contributed by atoms with Gasteiger partial charge in [0.1, 0.15) is 6.04 Å². The molecular formula is C15H21NO2. The van der Waals surface area contributed by atoms with Gasteiger partial charge in [-0.25, -0.2) is 0 Å². The van der Waals surface area contributed by atoms with Crippen LogP contribution in [0.4, 0.5) is 0 Å². The number of hydrogen-bond donors (Lipinski definition) is 2. The van der Waals surface area contributed by atoms with Crippen molar-refractivity contribution in [2.24, 2.45) is 11.8 Å². The zero-order chi connectivity index (χ0) is 13.1. The maximum absolute atomic E-state index is 11.1. The molecular weight excluding hydrogens is 226 g/mol. The van der Waals surface area contributed by atoms with E-state index in [1.54, 1.807) is 0 Å². The molecule has 1 saturated carbocycles. The van der Waals surface area contributed by atoms with Gasteiger partial charge in [0.2, 0.25) is 0 Å². The lowest BCUT2D eigenvalue weighted by atomic mass is 10.0. The first-order valence-electron chi connectivity index (χ1n) is 6.60. The van der Waals surface area contributed by atoms with Crippen molar-refractivity contribution in [1.82, 2.24) is 5.32 Å². The fraction of sp³-hybridized carbons (Fsp3) is 0.533. The molecule has 1 aliphatic carbocycles. The van der Waals surface area contributed by atoms with Crippen molar-refractivity contribution >= 4 is 5.97 Å². The molecule has 1 aromatic carbocycles. The first kappa shape index (κ1) is 13.1. The van der Waals surface area contributed by atoms with Crippen molar-refractivity contribution < 1.29 is 9.90 Å². The molecule has 98 valence electrons. The molecule has 0 aliphatic heterocycles. The van der Waals surface area contributed by atoms with Crippen LogP contribution in [0.5, 0.6) is 0 Å². The van der Waals surface area contributed by atoms with Gasteiger partial charge in [0.25, 0.3) is 0 Å². The fourth-order valence-corrected chi connectivity index (χ4v) is 2.47. The molecule has 1 aromatic rings. The summed E-state index contributed by atoms with van der Waals surface area (Å²) in [4.78, 5) is 11.1. The minimum absolute atomic E-state index is 0.122. The molecule has 18 heavy (non-hydrogen) atoms. The van der Waals surface area contributed by atoms with Gasteiger partial charge in [0.15, 0.2) is 0 Å². The molecule has 2 rings (SSSR count). The van der Waals surface area contributed by atoms with Crippen molar-refractivity contribution in [3.8, 4) is 0 Å². The van der Waals surface area contributed by atoms with Crippen LogP contribution >= 0.6 is 0 Å². The summed E-state index contributed by atoms with van der Waals surface area (Å²) in [7, 11) is 0. The van der Waals surface area contributed by atoms with E-state index in [1.165, 1.54) is 12.0 Å². The largest absolute Gasteiger partial charge is 0.480 e. The molecule has 3 nitrogen and oxygen atoms in total. The quantitative estimate of drug-likeness (QED) is 0.812. The van der Waals surface area contributed by atoms with Crippen molar-refractivity contribution in [3.63, 3.8) is 0 Å². The zero-order valence-corrected chi connectivity index (χ0v) is 11.0. The Balaban J connectivity index is 1.82. The third-order valence-electron chi connectivity index (χ3n) is 3.68. The molecule has 0 spiro atoms. The van der Waals surface area contributed by atoms with Crippen LogP contribution < -0.4 is 5.32 Å². The third-order valence-corrected chi connectivity index (χ3v) is 3.68. The second-order valence-electron chi connectivity index (χ2n) is 5.48. The summed E-state index contributed by atoms with van der Waals surface area (Å²) in [5.74, 6) is 0.576. The molecule has 0 heterocycles. The summed E-state index contributed by atoms with van der Waals surface area (Å²) < 4.78 is 0. The van der Waals surface area contributed by atoms with Crippen LogP contribution in [0.3, 0.4) is 0 Å². The van der Waals surface area contributed by atoms with Crippen LogP contribution in [-0.2, 0) is 4.79 Å². The van der Waals surface area contributed by atoms with Crippen LogP contribution in [0.15, 0.2) is 30.3 Å². The minimum Gasteiger partial charge on any atom is -0.480 e. The number of hydrogen-bond acceptors (Lipinski definition) is 2. The highest BCUT2D eigenvalue weighted by molar-refractivity contribution is 5.73. The molecule has 0 amide bonds. The molecule has 0 unspecified atom stereocenters. The van der Waals surface area contributed by atoms with Crippen molar-refractivity contribution in [2.45, 2.75) is 32.2 Å². The van der Waals surface area contributed by atoms with Gasteiger partial charge in [-0.2, -0.15) is 0 Å². The van der Waals surface area contributed by atoms with Crippen LogP contribution in [0, 0.1) is 11.8 Å². The standard InChI is InChI=1S/C15H21NO2/c1-10(2)14(15(17)18)16-9-12-8-13(12)11-6-4-3-5-7-11/h3-7,10,12-14,16H,8-9H2,1-2H3,(H,17,18)/t12-,13-,14-/m0/s1. The maximum atomic E-state index is 11.1. The van der Waals surface area contributed by atoms with E-state index in [9.17, 15) is 4.79 Å². The number of carboxylic acids is 1. The predicted molar refractivity (Wildman–Crippen MR) is 71.6 cm³/mol. The summed E-state index contributed by atoms with van der Waals surface area (Å²) in [5.41, 5.74) is 1.38. The fourth-order valence-electron chi connectivity index (χ4n) is 2.47. The average Bonchev–Trinajstić information content (AvgIpc) is 3.09. The Labute approximate surface area is 108 Å². The normalized spacial score (nSPS) is 23.9. The van der Waals surface area contributed by atoms with Crippen LogP contribution in [0.2, 0.25) is 0 Å². The highest BCUT2D eigenvalue weighted by Gasteiger charge is 2.38. The van der Waals surface area contributed by atoms with E-state index < -0.39 is 12.0 Å². The van der Waals surface area contributed by atoms with E-state index in [1.807, 2.05) is 19.9 Å². The smallest absolute Gasteiger partial charge is 0.320 e. The second kappa shape index (κ2) is 5.53. The lowest BCUT2D eigenvalue weighted by Crippen LogP contribution is -2.41. The topological polar surface area (TPSA) is 49.3 Å². The summed E-state index contributed by atoms with van der Waals surface area (Å²) in [6.45, 7) is 4.68. The summed E-state index contributed by atoms with van der Waals surface area (Å²) >= 11 is 0. The van der Waals surface area contributed by atoms with E-state index in [0.29, 0.717) is 11.8 Å². The Morgan fingerprint density at radius 1 is 1.39 bits per heavy atom. The minimum atomic E-state index is -0.748. The summed E-state index contributed by atoms with van der Waals surface area (Å²) in [5, 5.41) is 12.3. The summed E-state index contributed by atoms with van der Waals surface area (Å²) in [6, 6.07) is 10.0. The molecule has 1 fully saturated rings. The third kappa shape index (κ3) is 3.10. The van der Waals surface area contributed by atoms with E-state index in [2.05, 4.69) is 29.6 Å². The monoisotopic (exact) mass is 247 g/mol. The highest BCUT2D eigenvalue weighted by atomic mass is 16.4. The van der Waals surface area contributed by atoms with Gasteiger partial charge >= 0.3 is 5.97 Å². The number of rotatable bonds is 6. The average molecular weight is 247 g/mol. The lowest BCUT2D eigenvalue weighted by Gasteiger charge is -2.17. The molecule has 0 aromatic heterocycles. The number of carbonyl (C=O) groups is 1. The van der Waals surface area contributed by atoms with Crippen molar-refractivity contribution in [1.29, 1.82) is 0 Å². The van der Waals surface area contributed by atoms with E-state index in [4.69, 9.17) is 5.11 Å². The number of carboxylic acid groups (broad SMARTS) is 1. The molecule has 3 heteroatoms. The number of aliphatic carboxylic acids is 1. The van der Waals surface area contributed by atoms with Gasteiger partial charge in [-0.1, -0.05) is 44.2 Å². The molecule has 1 aliphatic rings. The molecule has 0 bridgehead atoms. The highest BCUT2D eigenvalue weighted by Crippen LogP contribution is 2.46. The van der Waals surface area contributed by atoms with E-state index in [0.717, 1.165) is 6.54 Å². The Hall–Kier alpha value is -1.35. The predicted octanol–water partition coefficient (Wildman–Crippen LogP) is 2.49. The molecule has 2 N–H and O–H groups in total. The van der Waals surface area contributed by atoms with Crippen LogP contribution in [0.25, 0.3) is 0 Å². The van der Waals surface area contributed by atoms with Gasteiger partial charge in [0, 0.05) is 0 Å².